The van der Waals surface area contributed by atoms with Crippen LogP contribution in [0.2, 0.25) is 0 Å². The summed E-state index contributed by atoms with van der Waals surface area (Å²) in [5.41, 5.74) is 2.20. The quantitative estimate of drug-likeness (QED) is 0.792. The fourth-order valence-electron chi connectivity index (χ4n) is 1.33. The lowest BCUT2D eigenvalue weighted by Crippen LogP contribution is -1.92. The molecule has 0 radical (unpaired) electrons. The highest BCUT2D eigenvalue weighted by atomic mass is 16.4. The predicted octanol–water partition coefficient (Wildman–Crippen LogP) is 2.95. The molecule has 0 aliphatic rings. The Balaban J connectivity index is 2.82. The summed E-state index contributed by atoms with van der Waals surface area (Å²) in [6.07, 6.45) is 2.73. The summed E-state index contributed by atoms with van der Waals surface area (Å²) in [5, 5.41) is 8.56. The molecule has 1 rings (SSSR count). The minimum absolute atomic E-state index is 0.0953. The normalized spacial score (nSPS) is 11.4. The van der Waals surface area contributed by atoms with E-state index in [2.05, 4.69) is 0 Å². The van der Waals surface area contributed by atoms with Crippen molar-refractivity contribution in [3.63, 3.8) is 0 Å². The highest BCUT2D eigenvalue weighted by Gasteiger charge is 1.99. The maximum atomic E-state index is 10.4. The fourth-order valence-corrected chi connectivity index (χ4v) is 1.33. The maximum Gasteiger partial charge on any atom is 0.307 e. The molecule has 0 aliphatic heterocycles. The summed E-state index contributed by atoms with van der Waals surface area (Å²) in [5.74, 6) is -0.785. The average Bonchev–Trinajstić information content (AvgIpc) is 2.20. The van der Waals surface area contributed by atoms with Crippen LogP contribution in [-0.4, -0.2) is 11.1 Å². The summed E-state index contributed by atoms with van der Waals surface area (Å²) in [7, 11) is 0. The van der Waals surface area contributed by atoms with Gasteiger partial charge < -0.3 is 5.11 Å². The van der Waals surface area contributed by atoms with E-state index in [1.54, 1.807) is 6.08 Å². The first-order valence-electron chi connectivity index (χ1n) is 4.70. The Hall–Kier alpha value is -1.57. The molecule has 0 aromatic heterocycles. The summed E-state index contributed by atoms with van der Waals surface area (Å²) in [6, 6.07) is 9.86. The molecule has 14 heavy (non-hydrogen) atoms. The number of carboxylic acid groups (broad SMARTS) is 1. The lowest BCUT2D eigenvalue weighted by atomic mass is 10.0. The monoisotopic (exact) mass is 190 g/mol. The summed E-state index contributed by atoms with van der Waals surface area (Å²) in [4.78, 5) is 10.4. The largest absolute Gasteiger partial charge is 0.481 e. The summed E-state index contributed by atoms with van der Waals surface area (Å²) in [6.45, 7) is 2.03. The molecule has 1 aromatic carbocycles. The summed E-state index contributed by atoms with van der Waals surface area (Å²) >= 11 is 0. The lowest BCUT2D eigenvalue weighted by molar-refractivity contribution is -0.135. The van der Waals surface area contributed by atoms with Gasteiger partial charge in [0.1, 0.15) is 0 Å². The van der Waals surface area contributed by atoms with Gasteiger partial charge in [-0.15, -0.1) is 0 Å². The third-order valence-corrected chi connectivity index (χ3v) is 2.05. The van der Waals surface area contributed by atoms with Crippen molar-refractivity contribution >= 4 is 11.5 Å². The molecule has 1 N–H and O–H groups in total. The van der Waals surface area contributed by atoms with Gasteiger partial charge in [0.05, 0.1) is 6.42 Å². The Morgan fingerprint density at radius 2 is 2.00 bits per heavy atom. The van der Waals surface area contributed by atoms with Crippen LogP contribution < -0.4 is 0 Å². The molecule has 0 spiro atoms. The van der Waals surface area contributed by atoms with Gasteiger partial charge in [-0.1, -0.05) is 43.3 Å². The second kappa shape index (κ2) is 5.22. The van der Waals surface area contributed by atoms with Crippen molar-refractivity contribution in [2.24, 2.45) is 0 Å². The van der Waals surface area contributed by atoms with Crippen LogP contribution in [0.4, 0.5) is 0 Å². The Morgan fingerprint density at radius 1 is 1.36 bits per heavy atom. The standard InChI is InChI=1S/C12H14O2/c1-2-10(8-9-12(13)14)11-6-4-3-5-7-11/h3-8H,2,9H2,1H3,(H,13,14)/b10-8+. The summed E-state index contributed by atoms with van der Waals surface area (Å²) < 4.78 is 0. The molecule has 74 valence electrons. The number of benzene rings is 1. The number of rotatable bonds is 4. The van der Waals surface area contributed by atoms with Crippen LogP contribution in [0.1, 0.15) is 25.3 Å². The van der Waals surface area contributed by atoms with Gasteiger partial charge in [0, 0.05) is 0 Å². The second-order valence-electron chi connectivity index (χ2n) is 3.05. The molecule has 0 saturated heterocycles. The SMILES string of the molecule is CC/C(=C\CC(=O)O)c1ccccc1. The second-order valence-corrected chi connectivity index (χ2v) is 3.05. The fraction of sp³-hybridized carbons (Fsp3) is 0.250. The van der Waals surface area contributed by atoms with Crippen LogP contribution in [0, 0.1) is 0 Å². The molecule has 2 nitrogen and oxygen atoms in total. The third-order valence-electron chi connectivity index (χ3n) is 2.05. The Morgan fingerprint density at radius 3 is 2.50 bits per heavy atom. The van der Waals surface area contributed by atoms with Crippen LogP contribution in [0.15, 0.2) is 36.4 Å². The van der Waals surface area contributed by atoms with Gasteiger partial charge >= 0.3 is 5.97 Å². The van der Waals surface area contributed by atoms with E-state index in [1.165, 1.54) is 0 Å². The van der Waals surface area contributed by atoms with E-state index in [0.717, 1.165) is 17.6 Å². The number of aliphatic carboxylic acids is 1. The lowest BCUT2D eigenvalue weighted by Gasteiger charge is -2.03. The number of allylic oxidation sites excluding steroid dienone is 1. The maximum absolute atomic E-state index is 10.4. The Bertz CT molecular complexity index is 325. The number of carboxylic acids is 1. The number of hydrogen-bond acceptors (Lipinski definition) is 1. The van der Waals surface area contributed by atoms with Crippen LogP contribution in [0.5, 0.6) is 0 Å². The van der Waals surface area contributed by atoms with E-state index in [1.807, 2.05) is 37.3 Å². The highest BCUT2D eigenvalue weighted by molar-refractivity contribution is 5.74. The van der Waals surface area contributed by atoms with Crippen molar-refractivity contribution in [1.29, 1.82) is 0 Å². The Kier molecular flexibility index (Phi) is 3.92. The van der Waals surface area contributed by atoms with Crippen molar-refractivity contribution in [3.8, 4) is 0 Å². The predicted molar refractivity (Wildman–Crippen MR) is 57.0 cm³/mol. The zero-order chi connectivity index (χ0) is 10.4. The van der Waals surface area contributed by atoms with E-state index in [0.29, 0.717) is 0 Å². The zero-order valence-corrected chi connectivity index (χ0v) is 8.23. The molecule has 1 aromatic rings. The van der Waals surface area contributed by atoms with Crippen LogP contribution in [0.3, 0.4) is 0 Å². The molecule has 0 aliphatic carbocycles. The van der Waals surface area contributed by atoms with Gasteiger partial charge in [-0.3, -0.25) is 4.79 Å². The molecule has 0 amide bonds. The molecule has 2 heteroatoms. The van der Waals surface area contributed by atoms with Crippen molar-refractivity contribution in [1.82, 2.24) is 0 Å². The molecular formula is C12H14O2. The van der Waals surface area contributed by atoms with Crippen molar-refractivity contribution < 1.29 is 9.90 Å². The molecule has 0 unspecified atom stereocenters. The topological polar surface area (TPSA) is 37.3 Å². The van der Waals surface area contributed by atoms with Crippen molar-refractivity contribution in [2.75, 3.05) is 0 Å². The minimum atomic E-state index is -0.785. The van der Waals surface area contributed by atoms with Gasteiger partial charge in [-0.05, 0) is 17.6 Å². The van der Waals surface area contributed by atoms with Crippen LogP contribution >= 0.6 is 0 Å². The highest BCUT2D eigenvalue weighted by Crippen LogP contribution is 2.17. The van der Waals surface area contributed by atoms with Gasteiger partial charge in [0.15, 0.2) is 0 Å². The zero-order valence-electron chi connectivity index (χ0n) is 8.23. The van der Waals surface area contributed by atoms with Crippen molar-refractivity contribution in [3.05, 3.63) is 42.0 Å². The first-order valence-corrected chi connectivity index (χ1v) is 4.70. The van der Waals surface area contributed by atoms with Crippen LogP contribution in [0.25, 0.3) is 5.57 Å². The number of hydrogen-bond donors (Lipinski definition) is 1. The van der Waals surface area contributed by atoms with Crippen molar-refractivity contribution in [2.45, 2.75) is 19.8 Å². The molecule has 0 heterocycles. The van der Waals surface area contributed by atoms with Crippen LogP contribution in [-0.2, 0) is 4.79 Å². The van der Waals surface area contributed by atoms with Gasteiger partial charge in [0.25, 0.3) is 0 Å². The molecule has 0 saturated carbocycles. The van der Waals surface area contributed by atoms with E-state index in [9.17, 15) is 4.79 Å². The first-order chi connectivity index (χ1) is 6.74. The number of carbonyl (C=O) groups is 1. The van der Waals surface area contributed by atoms with E-state index >= 15 is 0 Å². The van der Waals surface area contributed by atoms with Gasteiger partial charge in [-0.25, -0.2) is 0 Å². The molecular weight excluding hydrogens is 176 g/mol. The smallest absolute Gasteiger partial charge is 0.307 e. The van der Waals surface area contributed by atoms with Gasteiger partial charge in [-0.2, -0.15) is 0 Å². The third kappa shape index (κ3) is 3.05. The van der Waals surface area contributed by atoms with E-state index < -0.39 is 5.97 Å². The molecule has 0 atom stereocenters. The van der Waals surface area contributed by atoms with Gasteiger partial charge in [0.2, 0.25) is 0 Å². The Labute approximate surface area is 83.9 Å². The van der Waals surface area contributed by atoms with E-state index in [4.69, 9.17) is 5.11 Å². The minimum Gasteiger partial charge on any atom is -0.481 e. The average molecular weight is 190 g/mol. The molecule has 0 fully saturated rings. The first kappa shape index (κ1) is 10.5. The van der Waals surface area contributed by atoms with E-state index in [-0.39, 0.29) is 6.42 Å². The molecule has 0 bridgehead atoms.